The molecule has 2 nitrogen and oxygen atoms in total. The zero-order valence-corrected chi connectivity index (χ0v) is 23.4. The maximum absolute atomic E-state index is 11.9. The van der Waals surface area contributed by atoms with E-state index in [1.54, 1.807) is 0 Å². The first kappa shape index (κ1) is 26.3. The van der Waals surface area contributed by atoms with Crippen LogP contribution in [0.2, 0.25) is 0 Å². The highest BCUT2D eigenvalue weighted by atomic mass is 16.1. The summed E-state index contributed by atoms with van der Waals surface area (Å²) in [7, 11) is 0. The fraction of sp³-hybridized carbons (Fsp3) is 0.906. The molecule has 0 aromatic carbocycles. The molecule has 4 saturated carbocycles. The summed E-state index contributed by atoms with van der Waals surface area (Å²) in [6, 6.07) is 0.364. The van der Waals surface area contributed by atoms with Gasteiger partial charge in [-0.2, -0.15) is 0 Å². The number of amides is 1. The molecule has 2 heteroatoms. The van der Waals surface area contributed by atoms with E-state index in [-0.39, 0.29) is 5.91 Å². The molecular weight excluding hydrogens is 414 g/mol. The minimum absolute atomic E-state index is 0.0143. The third-order valence-corrected chi connectivity index (χ3v) is 12.4. The van der Waals surface area contributed by atoms with Gasteiger partial charge in [0.2, 0.25) is 5.91 Å². The van der Waals surface area contributed by atoms with E-state index in [0.717, 1.165) is 53.8 Å². The largest absolute Gasteiger partial charge is 0.350 e. The van der Waals surface area contributed by atoms with Gasteiger partial charge in [0.05, 0.1) is 0 Å². The summed E-state index contributed by atoms with van der Waals surface area (Å²) in [6.45, 7) is 18.9. The molecule has 0 radical (unpaired) electrons. The van der Waals surface area contributed by atoms with E-state index in [4.69, 9.17) is 0 Å². The van der Waals surface area contributed by atoms with Gasteiger partial charge < -0.3 is 5.32 Å². The van der Waals surface area contributed by atoms with Crippen LogP contribution in [0.4, 0.5) is 0 Å². The van der Waals surface area contributed by atoms with Crippen molar-refractivity contribution in [2.24, 2.45) is 58.2 Å². The third kappa shape index (κ3) is 4.66. The summed E-state index contributed by atoms with van der Waals surface area (Å²) in [5.74, 6) is 7.20. The molecule has 4 rings (SSSR count). The van der Waals surface area contributed by atoms with E-state index in [9.17, 15) is 4.79 Å². The van der Waals surface area contributed by atoms with Crippen LogP contribution in [0.3, 0.4) is 0 Å². The molecule has 194 valence electrons. The Morgan fingerprint density at radius 1 is 0.971 bits per heavy atom. The standard InChI is InChI=1S/C32H55NO/c1-8-23(21(3)4)11-10-22(5)27-14-15-28-26-13-12-24-20-25(33-30(34)9-2)16-18-31(24,6)29(26)17-19-32(27,28)7/h9,21-29H,2,8,10-20H2,1,3-7H3,(H,33,34)/t22-,23-,24+,25+,26+,27?,28+,29+,31+,32-/m1/s1. The van der Waals surface area contributed by atoms with Crippen LogP contribution in [0.25, 0.3) is 0 Å². The number of rotatable bonds is 8. The van der Waals surface area contributed by atoms with Gasteiger partial charge in [0.15, 0.2) is 0 Å². The first-order valence-corrected chi connectivity index (χ1v) is 15.1. The molecule has 4 aliphatic carbocycles. The zero-order chi connectivity index (χ0) is 24.7. The molecular formula is C32H55NO. The van der Waals surface area contributed by atoms with Gasteiger partial charge in [0, 0.05) is 6.04 Å². The minimum atomic E-state index is 0.0143. The van der Waals surface area contributed by atoms with Gasteiger partial charge in [0.25, 0.3) is 0 Å². The molecule has 0 aromatic heterocycles. The SMILES string of the molecule is C=CC(=O)N[C@H]1CC[C@@]2(C)[C@@H](CC[C@@H]3[C@@H]2CC[C@]2(C)C([C@H](C)CC[C@@H](CC)C(C)C)CC[C@@H]32)C1. The van der Waals surface area contributed by atoms with Gasteiger partial charge in [-0.05, 0) is 128 Å². The monoisotopic (exact) mass is 469 g/mol. The summed E-state index contributed by atoms with van der Waals surface area (Å²) in [4.78, 5) is 11.9. The highest BCUT2D eigenvalue weighted by Crippen LogP contribution is 2.68. The molecule has 0 aromatic rings. The predicted molar refractivity (Wildman–Crippen MR) is 144 cm³/mol. The number of hydrogen-bond donors (Lipinski definition) is 1. The summed E-state index contributed by atoms with van der Waals surface area (Å²) < 4.78 is 0. The lowest BCUT2D eigenvalue weighted by molar-refractivity contribution is -0.125. The number of carbonyl (C=O) groups is 1. The van der Waals surface area contributed by atoms with Crippen molar-refractivity contribution >= 4 is 5.91 Å². The molecule has 1 unspecified atom stereocenters. The van der Waals surface area contributed by atoms with Crippen LogP contribution in [-0.2, 0) is 4.79 Å². The Hall–Kier alpha value is -0.790. The van der Waals surface area contributed by atoms with Crippen LogP contribution >= 0.6 is 0 Å². The second-order valence-electron chi connectivity index (χ2n) is 14.0. The topological polar surface area (TPSA) is 29.1 Å². The average molecular weight is 470 g/mol. The van der Waals surface area contributed by atoms with Crippen molar-refractivity contribution in [1.29, 1.82) is 0 Å². The fourth-order valence-electron chi connectivity index (χ4n) is 10.3. The van der Waals surface area contributed by atoms with Gasteiger partial charge in [-0.3, -0.25) is 4.79 Å². The quantitative estimate of drug-likeness (QED) is 0.355. The maximum atomic E-state index is 11.9. The molecule has 10 atom stereocenters. The Kier molecular flexibility index (Phi) is 7.96. The lowest BCUT2D eigenvalue weighted by atomic mass is 9.44. The van der Waals surface area contributed by atoms with E-state index < -0.39 is 0 Å². The van der Waals surface area contributed by atoms with E-state index in [1.165, 1.54) is 76.7 Å². The van der Waals surface area contributed by atoms with Crippen LogP contribution < -0.4 is 5.32 Å². The Labute approximate surface area is 211 Å². The summed E-state index contributed by atoms with van der Waals surface area (Å²) in [6.07, 6.45) is 18.0. The van der Waals surface area contributed by atoms with E-state index in [2.05, 4.69) is 53.4 Å². The smallest absolute Gasteiger partial charge is 0.243 e. The number of fused-ring (bicyclic) bond motifs is 5. The van der Waals surface area contributed by atoms with Crippen molar-refractivity contribution in [1.82, 2.24) is 5.32 Å². The lowest BCUT2D eigenvalue weighted by Gasteiger charge is -2.61. The van der Waals surface area contributed by atoms with Crippen LogP contribution in [-0.4, -0.2) is 11.9 Å². The van der Waals surface area contributed by atoms with Crippen LogP contribution in [0.15, 0.2) is 12.7 Å². The fourth-order valence-corrected chi connectivity index (χ4v) is 10.3. The van der Waals surface area contributed by atoms with Crippen molar-refractivity contribution < 1.29 is 4.79 Å². The Morgan fingerprint density at radius 3 is 2.35 bits per heavy atom. The Morgan fingerprint density at radius 2 is 1.68 bits per heavy atom. The predicted octanol–water partition coefficient (Wildman–Crippen LogP) is 8.41. The second-order valence-corrected chi connectivity index (χ2v) is 14.0. The van der Waals surface area contributed by atoms with E-state index in [0.29, 0.717) is 16.9 Å². The van der Waals surface area contributed by atoms with Crippen molar-refractivity contribution in [3.05, 3.63) is 12.7 Å². The molecule has 0 spiro atoms. The maximum Gasteiger partial charge on any atom is 0.243 e. The first-order chi connectivity index (χ1) is 16.1. The molecule has 4 aliphatic rings. The van der Waals surface area contributed by atoms with Crippen molar-refractivity contribution in [3.63, 3.8) is 0 Å². The molecule has 1 amide bonds. The number of carbonyl (C=O) groups excluding carboxylic acids is 1. The highest BCUT2D eigenvalue weighted by molar-refractivity contribution is 5.87. The van der Waals surface area contributed by atoms with Gasteiger partial charge in [-0.1, -0.05) is 61.0 Å². The number of nitrogens with one attached hydrogen (secondary N) is 1. The van der Waals surface area contributed by atoms with Crippen LogP contribution in [0, 0.1) is 58.2 Å². The van der Waals surface area contributed by atoms with Gasteiger partial charge in [0.1, 0.15) is 0 Å². The van der Waals surface area contributed by atoms with E-state index >= 15 is 0 Å². The second kappa shape index (κ2) is 10.3. The molecule has 0 heterocycles. The third-order valence-electron chi connectivity index (χ3n) is 12.4. The van der Waals surface area contributed by atoms with Crippen molar-refractivity contribution in [3.8, 4) is 0 Å². The molecule has 34 heavy (non-hydrogen) atoms. The average Bonchev–Trinajstić information content (AvgIpc) is 3.16. The molecule has 0 saturated heterocycles. The summed E-state index contributed by atoms with van der Waals surface area (Å²) in [5, 5.41) is 3.23. The minimum Gasteiger partial charge on any atom is -0.350 e. The summed E-state index contributed by atoms with van der Waals surface area (Å²) in [5.41, 5.74) is 1.08. The Balaban J connectivity index is 1.42. The van der Waals surface area contributed by atoms with Crippen molar-refractivity contribution in [2.45, 2.75) is 125 Å². The van der Waals surface area contributed by atoms with Crippen LogP contribution in [0.5, 0.6) is 0 Å². The summed E-state index contributed by atoms with van der Waals surface area (Å²) >= 11 is 0. The van der Waals surface area contributed by atoms with E-state index in [1.807, 2.05) is 0 Å². The molecule has 4 fully saturated rings. The van der Waals surface area contributed by atoms with Gasteiger partial charge >= 0.3 is 0 Å². The molecule has 1 N–H and O–H groups in total. The Bertz CT molecular complexity index is 729. The van der Waals surface area contributed by atoms with Gasteiger partial charge in [-0.25, -0.2) is 0 Å². The van der Waals surface area contributed by atoms with Crippen LogP contribution in [0.1, 0.15) is 119 Å². The van der Waals surface area contributed by atoms with Crippen molar-refractivity contribution in [2.75, 3.05) is 0 Å². The lowest BCUT2D eigenvalue weighted by Crippen LogP contribution is -2.55. The normalized spacial score (nSPS) is 43.4. The van der Waals surface area contributed by atoms with Gasteiger partial charge in [-0.15, -0.1) is 0 Å². The molecule has 0 bridgehead atoms. The highest BCUT2D eigenvalue weighted by Gasteiger charge is 2.60. The zero-order valence-electron chi connectivity index (χ0n) is 23.4. The number of hydrogen-bond acceptors (Lipinski definition) is 1. The molecule has 0 aliphatic heterocycles. The first-order valence-electron chi connectivity index (χ1n) is 15.1.